The third kappa shape index (κ3) is 6.69. The Morgan fingerprint density at radius 1 is 1.05 bits per heavy atom. The van der Waals surface area contributed by atoms with Crippen LogP contribution in [0.4, 0.5) is 0 Å². The summed E-state index contributed by atoms with van der Waals surface area (Å²) in [6.45, 7) is 8.06. The van der Waals surface area contributed by atoms with E-state index in [0.717, 1.165) is 26.2 Å². The van der Waals surface area contributed by atoms with Gasteiger partial charge in [-0.15, -0.1) is 0 Å². The second kappa shape index (κ2) is 9.92. The van der Waals surface area contributed by atoms with E-state index in [-0.39, 0.29) is 11.8 Å². The molecule has 122 valence electrons. The second-order valence-corrected chi connectivity index (χ2v) is 5.40. The van der Waals surface area contributed by atoms with Gasteiger partial charge in [0, 0.05) is 31.7 Å². The fraction of sp³-hybridized carbons (Fsp3) is 0.500. The van der Waals surface area contributed by atoms with Gasteiger partial charge in [-0.3, -0.25) is 4.79 Å². The van der Waals surface area contributed by atoms with E-state index < -0.39 is 12.0 Å². The fourth-order valence-corrected chi connectivity index (χ4v) is 1.93. The predicted molar refractivity (Wildman–Crippen MR) is 85.9 cm³/mol. The normalized spacial score (nSPS) is 15.4. The van der Waals surface area contributed by atoms with Gasteiger partial charge in [0.15, 0.2) is 0 Å². The van der Waals surface area contributed by atoms with Crippen LogP contribution >= 0.6 is 0 Å². The van der Waals surface area contributed by atoms with E-state index in [4.69, 9.17) is 5.11 Å². The van der Waals surface area contributed by atoms with Crippen molar-refractivity contribution in [2.45, 2.75) is 19.9 Å². The van der Waals surface area contributed by atoms with E-state index in [1.807, 2.05) is 0 Å². The molecule has 6 heteroatoms. The van der Waals surface area contributed by atoms with Crippen molar-refractivity contribution in [1.29, 1.82) is 0 Å². The fourth-order valence-electron chi connectivity index (χ4n) is 1.93. The molecule has 0 aliphatic carbocycles. The molecule has 4 N–H and O–H groups in total. The lowest BCUT2D eigenvalue weighted by molar-refractivity contribution is -0.140. The molecule has 1 aromatic carbocycles. The van der Waals surface area contributed by atoms with Gasteiger partial charge in [-0.25, -0.2) is 4.79 Å². The van der Waals surface area contributed by atoms with Crippen LogP contribution in [0.15, 0.2) is 30.3 Å². The maximum atomic E-state index is 11.7. The number of carbonyl (C=O) groups is 2. The van der Waals surface area contributed by atoms with Gasteiger partial charge >= 0.3 is 5.97 Å². The number of carboxylic acid groups (broad SMARTS) is 1. The summed E-state index contributed by atoms with van der Waals surface area (Å²) in [5.41, 5.74) is 0.467. The predicted octanol–water partition coefficient (Wildman–Crippen LogP) is 0.705. The highest BCUT2D eigenvalue weighted by Gasteiger charge is 2.23. The zero-order valence-corrected chi connectivity index (χ0v) is 13.1. The maximum absolute atomic E-state index is 11.7. The number of nitrogens with one attached hydrogen (secondary N) is 3. The van der Waals surface area contributed by atoms with Crippen molar-refractivity contribution in [2.75, 3.05) is 26.2 Å². The summed E-state index contributed by atoms with van der Waals surface area (Å²) in [6, 6.07) is 7.71. The van der Waals surface area contributed by atoms with Gasteiger partial charge in [-0.05, 0) is 18.1 Å². The second-order valence-electron chi connectivity index (χ2n) is 5.40. The molecule has 0 aromatic heterocycles. The summed E-state index contributed by atoms with van der Waals surface area (Å²) in [5.74, 6) is -1.52. The zero-order chi connectivity index (χ0) is 16.4. The molecule has 1 atom stereocenters. The SMILES string of the molecule is C1CNCCN1.CC(C)[C@H](NC(=O)c1ccccc1)C(=O)O. The molecule has 1 aliphatic heterocycles. The number of aliphatic carboxylic acids is 1. The molecule has 1 saturated heterocycles. The number of amides is 1. The minimum absolute atomic E-state index is 0.148. The van der Waals surface area contributed by atoms with Gasteiger partial charge in [0.25, 0.3) is 5.91 Å². The number of hydrogen-bond acceptors (Lipinski definition) is 4. The van der Waals surface area contributed by atoms with Crippen LogP contribution in [0.25, 0.3) is 0 Å². The minimum Gasteiger partial charge on any atom is -0.480 e. The van der Waals surface area contributed by atoms with Gasteiger partial charge in [-0.1, -0.05) is 32.0 Å². The molecule has 22 heavy (non-hydrogen) atoms. The molecule has 0 spiro atoms. The van der Waals surface area contributed by atoms with E-state index in [0.29, 0.717) is 5.56 Å². The van der Waals surface area contributed by atoms with Crippen molar-refractivity contribution in [1.82, 2.24) is 16.0 Å². The van der Waals surface area contributed by atoms with E-state index in [1.165, 1.54) is 0 Å². The maximum Gasteiger partial charge on any atom is 0.326 e. The summed E-state index contributed by atoms with van der Waals surface area (Å²) >= 11 is 0. The van der Waals surface area contributed by atoms with Crippen LogP contribution in [-0.2, 0) is 4.79 Å². The smallest absolute Gasteiger partial charge is 0.326 e. The molecule has 1 amide bonds. The lowest BCUT2D eigenvalue weighted by atomic mass is 10.0. The van der Waals surface area contributed by atoms with Crippen LogP contribution in [0.3, 0.4) is 0 Å². The van der Waals surface area contributed by atoms with E-state index in [1.54, 1.807) is 44.2 Å². The molecule has 1 heterocycles. The molecular formula is C16H25N3O3. The zero-order valence-electron chi connectivity index (χ0n) is 13.1. The number of hydrogen-bond donors (Lipinski definition) is 4. The molecule has 1 aliphatic rings. The number of benzene rings is 1. The first-order valence-electron chi connectivity index (χ1n) is 7.52. The van der Waals surface area contributed by atoms with Crippen molar-refractivity contribution < 1.29 is 14.7 Å². The topological polar surface area (TPSA) is 90.5 Å². The van der Waals surface area contributed by atoms with Crippen LogP contribution in [0.2, 0.25) is 0 Å². The first kappa shape index (κ1) is 18.1. The Hall–Kier alpha value is -1.92. The number of carboxylic acids is 1. The van der Waals surface area contributed by atoms with Crippen molar-refractivity contribution in [2.24, 2.45) is 5.92 Å². The number of carbonyl (C=O) groups excluding carboxylic acids is 1. The highest BCUT2D eigenvalue weighted by Crippen LogP contribution is 2.04. The highest BCUT2D eigenvalue weighted by molar-refractivity contribution is 5.96. The Morgan fingerprint density at radius 3 is 1.91 bits per heavy atom. The Labute approximate surface area is 131 Å². The molecular weight excluding hydrogens is 282 g/mol. The lowest BCUT2D eigenvalue weighted by Crippen LogP contribution is -2.44. The van der Waals surface area contributed by atoms with Crippen molar-refractivity contribution >= 4 is 11.9 Å². The highest BCUT2D eigenvalue weighted by atomic mass is 16.4. The van der Waals surface area contributed by atoms with Crippen molar-refractivity contribution in [3.05, 3.63) is 35.9 Å². The average Bonchev–Trinajstić information content (AvgIpc) is 2.55. The van der Waals surface area contributed by atoms with Gasteiger partial charge in [0.05, 0.1) is 0 Å². The van der Waals surface area contributed by atoms with Crippen molar-refractivity contribution in [3.8, 4) is 0 Å². The van der Waals surface area contributed by atoms with Crippen LogP contribution in [-0.4, -0.2) is 49.2 Å². The summed E-state index contributed by atoms with van der Waals surface area (Å²) in [6.07, 6.45) is 0. The Bertz CT molecular complexity index is 447. The van der Waals surface area contributed by atoms with E-state index in [2.05, 4.69) is 16.0 Å². The molecule has 0 bridgehead atoms. The molecule has 1 fully saturated rings. The Kier molecular flexibility index (Phi) is 8.17. The molecule has 2 rings (SSSR count). The van der Waals surface area contributed by atoms with Crippen LogP contribution in [0, 0.1) is 5.92 Å². The van der Waals surface area contributed by atoms with Gasteiger partial charge in [0.2, 0.25) is 0 Å². The number of piperazine rings is 1. The Morgan fingerprint density at radius 2 is 1.55 bits per heavy atom. The monoisotopic (exact) mass is 307 g/mol. The van der Waals surface area contributed by atoms with Crippen molar-refractivity contribution in [3.63, 3.8) is 0 Å². The third-order valence-corrected chi connectivity index (χ3v) is 3.21. The summed E-state index contributed by atoms with van der Waals surface area (Å²) < 4.78 is 0. The van der Waals surface area contributed by atoms with Gasteiger partial charge in [-0.2, -0.15) is 0 Å². The molecule has 6 nitrogen and oxygen atoms in total. The van der Waals surface area contributed by atoms with Gasteiger partial charge in [0.1, 0.15) is 6.04 Å². The van der Waals surface area contributed by atoms with Gasteiger partial charge < -0.3 is 21.1 Å². The first-order valence-corrected chi connectivity index (χ1v) is 7.52. The molecule has 0 saturated carbocycles. The molecule has 1 aromatic rings. The van der Waals surface area contributed by atoms with Crippen LogP contribution < -0.4 is 16.0 Å². The van der Waals surface area contributed by atoms with E-state index in [9.17, 15) is 9.59 Å². The lowest BCUT2D eigenvalue weighted by Gasteiger charge is -2.17. The largest absolute Gasteiger partial charge is 0.480 e. The quantitative estimate of drug-likeness (QED) is 0.657. The Balaban J connectivity index is 0.000000335. The van der Waals surface area contributed by atoms with Crippen LogP contribution in [0.5, 0.6) is 0 Å². The summed E-state index contributed by atoms with van der Waals surface area (Å²) in [4.78, 5) is 22.6. The average molecular weight is 307 g/mol. The summed E-state index contributed by atoms with van der Waals surface area (Å²) in [5, 5.41) is 17.9. The summed E-state index contributed by atoms with van der Waals surface area (Å²) in [7, 11) is 0. The molecule has 0 radical (unpaired) electrons. The number of rotatable bonds is 4. The van der Waals surface area contributed by atoms with E-state index >= 15 is 0 Å². The standard InChI is InChI=1S/C12H15NO3.C4H10N2/c1-8(2)10(12(15)16)13-11(14)9-6-4-3-5-7-9;1-2-6-4-3-5-1/h3-8,10H,1-2H3,(H,13,14)(H,15,16);5-6H,1-4H2/t10-;/m0./s1. The third-order valence-electron chi connectivity index (χ3n) is 3.21. The first-order chi connectivity index (χ1) is 10.5. The molecule has 0 unspecified atom stereocenters. The van der Waals surface area contributed by atoms with Crippen LogP contribution in [0.1, 0.15) is 24.2 Å². The minimum atomic E-state index is -1.01.